The molecule has 0 aromatic heterocycles. The molecule has 0 radical (unpaired) electrons. The number of hydrogen-bond acceptors (Lipinski definition) is 7. The number of nitrogens with two attached hydrogens (primary N) is 1. The molecule has 42 heavy (non-hydrogen) atoms. The van der Waals surface area contributed by atoms with Gasteiger partial charge in [-0.1, -0.05) is 62.4 Å². The summed E-state index contributed by atoms with van der Waals surface area (Å²) < 4.78 is 33.3. The Kier molecular flexibility index (Phi) is 12.6. The van der Waals surface area contributed by atoms with E-state index in [1.54, 1.807) is 0 Å². The van der Waals surface area contributed by atoms with Gasteiger partial charge in [0.25, 0.3) is 0 Å². The van der Waals surface area contributed by atoms with Crippen LogP contribution in [0.25, 0.3) is 11.1 Å². The summed E-state index contributed by atoms with van der Waals surface area (Å²) in [6, 6.07) is 20.5. The van der Waals surface area contributed by atoms with Gasteiger partial charge in [0, 0.05) is 24.7 Å². The van der Waals surface area contributed by atoms with Crippen LogP contribution in [0.5, 0.6) is 0 Å². The molecule has 218 valence electrons. The molecule has 0 bridgehead atoms. The van der Waals surface area contributed by atoms with Gasteiger partial charge >= 0.3 is 57.5 Å². The van der Waals surface area contributed by atoms with Gasteiger partial charge in [0.1, 0.15) is 6.61 Å². The molecule has 0 saturated carbocycles. The normalized spacial score (nSPS) is 13.2. The van der Waals surface area contributed by atoms with Gasteiger partial charge in [-0.05, 0) is 71.7 Å². The largest absolute Gasteiger partial charge is 1.00 e. The van der Waals surface area contributed by atoms with Crippen LogP contribution in [-0.2, 0) is 19.6 Å². The monoisotopic (exact) mass is 617 g/mol. The SMILES string of the molecule is CC(C)CN([C@@H](CCCCNC(=O)OCC1c2ccccc2-c2ccccc21)C(=O)[O-])S(=O)(=O)c1ccc(N)cc1.[K+]. The maximum Gasteiger partial charge on any atom is 1.00 e. The van der Waals surface area contributed by atoms with Crippen molar-refractivity contribution in [2.24, 2.45) is 5.92 Å². The number of benzene rings is 3. The van der Waals surface area contributed by atoms with Crippen LogP contribution in [0, 0.1) is 5.92 Å². The Morgan fingerprint density at radius 3 is 2.07 bits per heavy atom. The third-order valence-corrected chi connectivity index (χ3v) is 9.06. The van der Waals surface area contributed by atoms with Crippen LogP contribution in [0.3, 0.4) is 0 Å². The number of aliphatic carboxylic acids is 1. The minimum atomic E-state index is -4.10. The number of nitrogen functional groups attached to an aromatic ring is 1. The van der Waals surface area contributed by atoms with E-state index in [0.717, 1.165) is 26.6 Å². The van der Waals surface area contributed by atoms with Crippen LogP contribution in [0.15, 0.2) is 77.7 Å². The van der Waals surface area contributed by atoms with E-state index in [1.807, 2.05) is 50.2 Å². The zero-order valence-electron chi connectivity index (χ0n) is 24.3. The molecule has 4 rings (SSSR count). The molecule has 0 saturated heterocycles. The number of ether oxygens (including phenoxy) is 1. The van der Waals surface area contributed by atoms with E-state index in [0.29, 0.717) is 18.5 Å². The number of rotatable bonds is 13. The van der Waals surface area contributed by atoms with Crippen molar-refractivity contribution in [2.45, 2.75) is 50.0 Å². The van der Waals surface area contributed by atoms with Crippen LogP contribution in [-0.4, -0.2) is 50.5 Å². The number of sulfonamides is 1. The van der Waals surface area contributed by atoms with Crippen molar-refractivity contribution in [3.05, 3.63) is 83.9 Å². The number of nitrogens with zero attached hydrogens (tertiary/aromatic N) is 1. The van der Waals surface area contributed by atoms with E-state index in [2.05, 4.69) is 17.4 Å². The summed E-state index contributed by atoms with van der Waals surface area (Å²) in [5.41, 5.74) is 10.6. The van der Waals surface area contributed by atoms with E-state index in [1.165, 1.54) is 24.3 Å². The maximum atomic E-state index is 13.4. The molecule has 3 N–H and O–H groups in total. The summed E-state index contributed by atoms with van der Waals surface area (Å²) in [7, 11) is -4.10. The second-order valence-corrected chi connectivity index (χ2v) is 12.5. The van der Waals surface area contributed by atoms with Gasteiger partial charge in [0.15, 0.2) is 0 Å². The maximum absolute atomic E-state index is 13.4. The van der Waals surface area contributed by atoms with E-state index in [-0.39, 0.29) is 94.2 Å². The van der Waals surface area contributed by atoms with Crippen molar-refractivity contribution in [1.82, 2.24) is 9.62 Å². The molecular weight excluding hydrogens is 582 g/mol. The number of carbonyl (C=O) groups is 2. The molecule has 1 aliphatic carbocycles. The Morgan fingerprint density at radius 1 is 0.952 bits per heavy atom. The predicted octanol–water partition coefficient (Wildman–Crippen LogP) is 0.747. The number of amides is 1. The number of carbonyl (C=O) groups excluding carboxylic acids is 2. The van der Waals surface area contributed by atoms with Gasteiger partial charge in [-0.2, -0.15) is 4.31 Å². The first-order chi connectivity index (χ1) is 19.6. The van der Waals surface area contributed by atoms with Crippen LogP contribution in [0.2, 0.25) is 0 Å². The zero-order valence-corrected chi connectivity index (χ0v) is 28.2. The molecule has 0 aliphatic heterocycles. The van der Waals surface area contributed by atoms with Crippen molar-refractivity contribution in [2.75, 3.05) is 25.4 Å². The fourth-order valence-corrected chi connectivity index (χ4v) is 6.98. The molecule has 0 unspecified atom stereocenters. The molecule has 1 atom stereocenters. The third kappa shape index (κ3) is 8.22. The first kappa shape index (κ1) is 34.2. The average Bonchev–Trinajstić information content (AvgIpc) is 3.26. The molecule has 3 aromatic rings. The van der Waals surface area contributed by atoms with Crippen molar-refractivity contribution in [3.63, 3.8) is 0 Å². The average molecular weight is 618 g/mol. The second kappa shape index (κ2) is 15.5. The number of nitrogens with one attached hydrogen (secondary N) is 1. The molecule has 3 aromatic carbocycles. The molecular formula is C31H36KN3O6S. The summed E-state index contributed by atoms with van der Waals surface area (Å²) in [5.74, 6) is -1.63. The summed E-state index contributed by atoms with van der Waals surface area (Å²) in [6.45, 7) is 4.10. The number of hydrogen-bond donors (Lipinski definition) is 2. The zero-order chi connectivity index (χ0) is 29.6. The Balaban J connectivity index is 0.00000484. The van der Waals surface area contributed by atoms with Crippen molar-refractivity contribution < 1.29 is 79.2 Å². The summed E-state index contributed by atoms with van der Waals surface area (Å²) >= 11 is 0. The molecule has 11 heteroatoms. The van der Waals surface area contributed by atoms with Crippen LogP contribution < -0.4 is 67.5 Å². The smallest absolute Gasteiger partial charge is 0.548 e. The van der Waals surface area contributed by atoms with Gasteiger partial charge in [0.2, 0.25) is 10.0 Å². The minimum Gasteiger partial charge on any atom is -0.548 e. The number of carboxylic acids is 1. The van der Waals surface area contributed by atoms with Gasteiger partial charge in [0.05, 0.1) is 16.9 Å². The van der Waals surface area contributed by atoms with E-state index >= 15 is 0 Å². The molecule has 0 heterocycles. The van der Waals surface area contributed by atoms with Gasteiger partial charge < -0.3 is 25.7 Å². The first-order valence-electron chi connectivity index (χ1n) is 13.8. The molecule has 1 aliphatic rings. The van der Waals surface area contributed by atoms with Gasteiger partial charge in [-0.3, -0.25) is 0 Å². The minimum absolute atomic E-state index is 0. The summed E-state index contributed by atoms with van der Waals surface area (Å²) in [4.78, 5) is 24.5. The van der Waals surface area contributed by atoms with E-state index in [4.69, 9.17) is 10.5 Å². The van der Waals surface area contributed by atoms with Crippen molar-refractivity contribution in [3.8, 4) is 11.1 Å². The van der Waals surface area contributed by atoms with E-state index < -0.39 is 28.1 Å². The Morgan fingerprint density at radius 2 is 1.52 bits per heavy atom. The number of alkyl carbamates (subject to hydrolysis) is 1. The van der Waals surface area contributed by atoms with Crippen LogP contribution >= 0.6 is 0 Å². The number of carboxylic acid groups (broad SMARTS) is 1. The number of unbranched alkanes of at least 4 members (excludes halogenated alkanes) is 1. The van der Waals surface area contributed by atoms with Gasteiger partial charge in [-0.25, -0.2) is 13.2 Å². The standard InChI is InChI=1S/C31H37N3O6S.K/c1-21(2)19-34(41(38,39)23-16-14-22(32)15-17-23)29(30(35)36)13-7-8-18-33-31(37)40-20-28-26-11-5-3-9-24(26)25-10-4-6-12-27(25)28;/h3-6,9-12,14-17,21,28-29H,7-8,13,18-20,32H2,1-2H3,(H,33,37)(H,35,36);/q;+1/p-1/t29-;/m0./s1. The Labute approximate surface area is 290 Å². The molecule has 9 nitrogen and oxygen atoms in total. The quantitative estimate of drug-likeness (QED) is 0.164. The predicted molar refractivity (Wildman–Crippen MR) is 155 cm³/mol. The molecule has 0 fully saturated rings. The van der Waals surface area contributed by atoms with Gasteiger partial charge in [-0.15, -0.1) is 0 Å². The van der Waals surface area contributed by atoms with Crippen molar-refractivity contribution in [1.29, 1.82) is 0 Å². The first-order valence-corrected chi connectivity index (χ1v) is 15.2. The fourth-order valence-electron chi connectivity index (χ4n) is 5.21. The Hall–Kier alpha value is -2.25. The van der Waals surface area contributed by atoms with E-state index in [9.17, 15) is 23.1 Å². The summed E-state index contributed by atoms with van der Waals surface area (Å²) in [5, 5.41) is 14.8. The van der Waals surface area contributed by atoms with Crippen LogP contribution in [0.1, 0.15) is 50.2 Å². The van der Waals surface area contributed by atoms with Crippen LogP contribution in [0.4, 0.5) is 10.5 Å². The fraction of sp³-hybridized carbons (Fsp3) is 0.355. The molecule has 0 spiro atoms. The second-order valence-electron chi connectivity index (χ2n) is 10.6. The summed E-state index contributed by atoms with van der Waals surface area (Å²) in [6.07, 6.45) is 0.269. The Bertz CT molecular complexity index is 1430. The molecule has 1 amide bonds. The number of anilines is 1. The van der Waals surface area contributed by atoms with Crippen molar-refractivity contribution >= 4 is 27.8 Å². The number of fused-ring (bicyclic) bond motifs is 3. The third-order valence-electron chi connectivity index (χ3n) is 7.17. The topological polar surface area (TPSA) is 142 Å².